The number of hydrogen-bond donors (Lipinski definition) is 0. The first-order chi connectivity index (χ1) is 5.18. The van der Waals surface area contributed by atoms with Crippen molar-refractivity contribution in [2.75, 3.05) is 0 Å². The molecule has 0 amide bonds. The molecule has 0 nitrogen and oxygen atoms in total. The quantitative estimate of drug-likeness (QED) is 0.570. The maximum Gasteiger partial charge on any atom is 0.123 e. The Kier molecular flexibility index (Phi) is 2.53. The predicted octanol–water partition coefficient (Wildman–Crippen LogP) is 2.98. The van der Waals surface area contributed by atoms with Gasteiger partial charge in [0.1, 0.15) is 12.2 Å². The van der Waals surface area contributed by atoms with Gasteiger partial charge in [0.05, 0.1) is 19.8 Å². The van der Waals surface area contributed by atoms with Crippen LogP contribution in [-0.2, 0) is 6.42 Å². The largest absolute Gasteiger partial charge is 0.207 e. The molecule has 0 saturated heterocycles. The van der Waals surface area contributed by atoms with Gasteiger partial charge in [-0.25, -0.2) is 4.39 Å². The lowest BCUT2D eigenvalue weighted by Gasteiger charge is -1.95. The molecule has 0 aliphatic heterocycles. The Bertz CT molecular complexity index is 211. The summed E-state index contributed by atoms with van der Waals surface area (Å²) in [4.78, 5) is 0. The van der Waals surface area contributed by atoms with E-state index in [2.05, 4.69) is 13.8 Å². The Morgan fingerprint density at radius 3 is 2.18 bits per heavy atom. The molecule has 0 aromatic heterocycles. The van der Waals surface area contributed by atoms with E-state index >= 15 is 0 Å². The smallest absolute Gasteiger partial charge is 0.123 e. The maximum absolute atomic E-state index is 12.4. The molecule has 58 valence electrons. The second-order valence-electron chi connectivity index (χ2n) is 3.01. The van der Waals surface area contributed by atoms with Gasteiger partial charge < -0.3 is 0 Å². The Morgan fingerprint density at radius 1 is 1.18 bits per heavy atom. The summed E-state index contributed by atoms with van der Waals surface area (Å²) in [5, 5.41) is 0. The van der Waals surface area contributed by atoms with Crippen LogP contribution in [0.3, 0.4) is 0 Å². The van der Waals surface area contributed by atoms with Crippen LogP contribution in [0.2, 0.25) is 0 Å². The van der Waals surface area contributed by atoms with Crippen LogP contribution in [0, 0.1) is 11.7 Å². The van der Waals surface area contributed by atoms with E-state index in [1.807, 2.05) is 12.1 Å². The lowest BCUT2D eigenvalue weighted by molar-refractivity contribution is 0.627. The minimum atomic E-state index is -0.164. The third kappa shape index (κ3) is 2.62. The van der Waals surface area contributed by atoms with Gasteiger partial charge in [-0.05, 0) is 17.7 Å². The molecule has 0 fully saturated rings. The third-order valence-electron chi connectivity index (χ3n) is 1.47. The average molecular weight is 151 g/mol. The molecule has 1 aromatic carbocycles. The monoisotopic (exact) mass is 151 g/mol. The van der Waals surface area contributed by atoms with Crippen LogP contribution in [-0.4, -0.2) is 0 Å². The van der Waals surface area contributed by atoms with Gasteiger partial charge in [0.25, 0.3) is 0 Å². The summed E-state index contributed by atoms with van der Waals surface area (Å²) < 4.78 is 12.4. The van der Waals surface area contributed by atoms with Gasteiger partial charge >= 0.3 is 0 Å². The number of rotatable bonds is 2. The highest BCUT2D eigenvalue weighted by Crippen LogP contribution is 2.09. The van der Waals surface area contributed by atoms with E-state index in [0.29, 0.717) is 0 Å². The first-order valence-electron chi connectivity index (χ1n) is 3.72. The van der Waals surface area contributed by atoms with E-state index in [1.165, 1.54) is 23.6 Å². The molecule has 0 heterocycles. The van der Waals surface area contributed by atoms with E-state index in [1.54, 1.807) is 0 Å². The number of halogens is 1. The molecule has 1 aromatic rings. The van der Waals surface area contributed by atoms with Crippen LogP contribution in [0.5, 0.6) is 0 Å². The van der Waals surface area contributed by atoms with Gasteiger partial charge in [-0.1, -0.05) is 12.1 Å². The fourth-order valence-electron chi connectivity index (χ4n) is 1.01. The van der Waals surface area contributed by atoms with Gasteiger partial charge in [-0.2, -0.15) is 0 Å². The van der Waals surface area contributed by atoms with Crippen LogP contribution in [0.25, 0.3) is 0 Å². The molecular weight excluding hydrogens is 139 g/mol. The maximum atomic E-state index is 12.4. The zero-order chi connectivity index (χ0) is 8.27. The van der Waals surface area contributed by atoms with Crippen LogP contribution in [0.1, 0.15) is 19.4 Å². The fraction of sp³-hybridized carbons (Fsp3) is 0.300. The zero-order valence-electron chi connectivity index (χ0n) is 6.89. The third-order valence-corrected chi connectivity index (χ3v) is 1.47. The van der Waals surface area contributed by atoms with Crippen molar-refractivity contribution < 1.29 is 4.39 Å². The molecule has 11 heavy (non-hydrogen) atoms. The molecule has 0 spiro atoms. The van der Waals surface area contributed by atoms with Crippen molar-refractivity contribution in [1.29, 1.82) is 0 Å². The molecule has 0 N–H and O–H groups in total. The Morgan fingerprint density at radius 2 is 1.73 bits per heavy atom. The van der Waals surface area contributed by atoms with E-state index in [4.69, 9.17) is 0 Å². The summed E-state index contributed by atoms with van der Waals surface area (Å²) in [6.45, 7) is 4.15. The Labute approximate surface area is 67.1 Å². The standard InChI is InChI=1S/C10H12F/c1-8(2)7-9-3-5-10(11)6-4-9/h3-6H,7H2,1-2H3/q+1. The molecule has 1 heteroatoms. The molecule has 0 aliphatic rings. The van der Waals surface area contributed by atoms with Crippen LogP contribution >= 0.6 is 0 Å². The number of benzene rings is 1. The molecule has 0 saturated carbocycles. The van der Waals surface area contributed by atoms with Crippen LogP contribution in [0.4, 0.5) is 4.39 Å². The van der Waals surface area contributed by atoms with Crippen LogP contribution < -0.4 is 0 Å². The summed E-state index contributed by atoms with van der Waals surface area (Å²) in [7, 11) is 0. The Balaban J connectivity index is 2.66. The first kappa shape index (κ1) is 8.12. The molecular formula is C10H12F+. The van der Waals surface area contributed by atoms with Crippen molar-refractivity contribution in [3.8, 4) is 0 Å². The molecule has 1 rings (SSSR count). The molecule has 0 unspecified atom stereocenters. The molecule has 0 radical (unpaired) electrons. The van der Waals surface area contributed by atoms with Crippen molar-refractivity contribution in [3.05, 3.63) is 41.6 Å². The van der Waals surface area contributed by atoms with Crippen molar-refractivity contribution >= 4 is 0 Å². The van der Waals surface area contributed by atoms with Gasteiger partial charge in [0.15, 0.2) is 0 Å². The first-order valence-corrected chi connectivity index (χ1v) is 3.72. The lowest BCUT2D eigenvalue weighted by atomic mass is 10.0. The van der Waals surface area contributed by atoms with Gasteiger partial charge in [0, 0.05) is 0 Å². The van der Waals surface area contributed by atoms with Crippen molar-refractivity contribution in [1.82, 2.24) is 0 Å². The van der Waals surface area contributed by atoms with E-state index in [-0.39, 0.29) is 5.82 Å². The second kappa shape index (κ2) is 3.42. The minimum Gasteiger partial charge on any atom is -0.207 e. The van der Waals surface area contributed by atoms with Gasteiger partial charge in [-0.15, -0.1) is 0 Å². The highest BCUT2D eigenvalue weighted by Gasteiger charge is 2.05. The van der Waals surface area contributed by atoms with Crippen LogP contribution in [0.15, 0.2) is 24.3 Å². The molecule has 0 aliphatic carbocycles. The van der Waals surface area contributed by atoms with E-state index in [0.717, 1.165) is 6.42 Å². The second-order valence-corrected chi connectivity index (χ2v) is 3.01. The van der Waals surface area contributed by atoms with Crippen molar-refractivity contribution in [3.63, 3.8) is 0 Å². The minimum absolute atomic E-state index is 0.164. The number of hydrogen-bond acceptors (Lipinski definition) is 0. The molecule has 0 atom stereocenters. The SMILES string of the molecule is C[C+](C)Cc1ccc(F)cc1. The summed E-state index contributed by atoms with van der Waals surface area (Å²) in [5.74, 6) is 1.18. The summed E-state index contributed by atoms with van der Waals surface area (Å²) in [6, 6.07) is 6.64. The van der Waals surface area contributed by atoms with Gasteiger partial charge in [-0.3, -0.25) is 0 Å². The predicted molar refractivity (Wildman–Crippen MR) is 44.7 cm³/mol. The van der Waals surface area contributed by atoms with E-state index < -0.39 is 0 Å². The summed E-state index contributed by atoms with van der Waals surface area (Å²) in [5.41, 5.74) is 1.17. The normalized spacial score (nSPS) is 9.73. The van der Waals surface area contributed by atoms with Gasteiger partial charge in [0.2, 0.25) is 0 Å². The summed E-state index contributed by atoms with van der Waals surface area (Å²) in [6.07, 6.45) is 0.945. The molecule has 0 bridgehead atoms. The van der Waals surface area contributed by atoms with E-state index in [9.17, 15) is 4.39 Å². The average Bonchev–Trinajstić information content (AvgIpc) is 1.93. The highest BCUT2D eigenvalue weighted by atomic mass is 19.1. The highest BCUT2D eigenvalue weighted by molar-refractivity contribution is 5.18. The topological polar surface area (TPSA) is 0 Å². The zero-order valence-corrected chi connectivity index (χ0v) is 6.89. The van der Waals surface area contributed by atoms with Crippen molar-refractivity contribution in [2.45, 2.75) is 20.3 Å². The lowest BCUT2D eigenvalue weighted by Crippen LogP contribution is -1.91. The Hall–Kier alpha value is -0.980. The fourth-order valence-corrected chi connectivity index (χ4v) is 1.01. The van der Waals surface area contributed by atoms with Crippen molar-refractivity contribution in [2.24, 2.45) is 0 Å². The summed E-state index contributed by atoms with van der Waals surface area (Å²) >= 11 is 0.